The highest BCUT2D eigenvalue weighted by Gasteiger charge is 2.32. The third kappa shape index (κ3) is 3.76. The molecule has 0 aromatic carbocycles. The van der Waals surface area contributed by atoms with Crippen LogP contribution in [0.2, 0.25) is 0 Å². The predicted octanol–water partition coefficient (Wildman–Crippen LogP) is 1.20. The van der Waals surface area contributed by atoms with Gasteiger partial charge >= 0.3 is 0 Å². The van der Waals surface area contributed by atoms with Gasteiger partial charge in [-0.3, -0.25) is 0 Å². The summed E-state index contributed by atoms with van der Waals surface area (Å²) in [6.45, 7) is 1.11. The number of nitrogens with one attached hydrogen (secondary N) is 1. The molecule has 0 heterocycles. The van der Waals surface area contributed by atoms with E-state index < -0.39 is 9.84 Å². The van der Waals surface area contributed by atoms with E-state index >= 15 is 0 Å². The van der Waals surface area contributed by atoms with Crippen molar-refractivity contribution < 1.29 is 8.42 Å². The molecule has 0 radical (unpaired) electrons. The Morgan fingerprint density at radius 1 is 1.13 bits per heavy atom. The van der Waals surface area contributed by atoms with Crippen LogP contribution in [0.25, 0.3) is 0 Å². The molecule has 15 heavy (non-hydrogen) atoms. The highest BCUT2D eigenvalue weighted by Crippen LogP contribution is 2.37. The van der Waals surface area contributed by atoms with E-state index in [1.807, 2.05) is 0 Å². The number of rotatable bonds is 6. The van der Waals surface area contributed by atoms with Crippen LogP contribution in [0.1, 0.15) is 32.1 Å². The number of hydrogen-bond donors (Lipinski definition) is 1. The first-order valence-corrected chi connectivity index (χ1v) is 8.02. The molecular weight excluding hydrogens is 210 g/mol. The fraction of sp³-hybridized carbons (Fsp3) is 1.00. The van der Waals surface area contributed by atoms with E-state index in [1.54, 1.807) is 0 Å². The monoisotopic (exact) mass is 231 g/mol. The molecule has 2 saturated carbocycles. The van der Waals surface area contributed by atoms with E-state index in [4.69, 9.17) is 0 Å². The lowest BCUT2D eigenvalue weighted by molar-refractivity contribution is 0.166. The fourth-order valence-electron chi connectivity index (χ4n) is 2.26. The number of sulfone groups is 1. The molecular formula is C11H21NO2S. The van der Waals surface area contributed by atoms with Crippen molar-refractivity contribution in [2.75, 3.05) is 18.6 Å². The molecule has 0 aromatic rings. The highest BCUT2D eigenvalue weighted by atomic mass is 32.2. The standard InChI is InChI=1S/C11H21NO2S/c1-15(13,14)7-6-9-2-3-10(9)8-12-11-4-5-11/h9-12H,2-8H2,1H3. The molecule has 2 atom stereocenters. The van der Waals surface area contributed by atoms with Crippen LogP contribution in [0.3, 0.4) is 0 Å². The van der Waals surface area contributed by atoms with Gasteiger partial charge in [0.25, 0.3) is 0 Å². The van der Waals surface area contributed by atoms with Gasteiger partial charge in [-0.15, -0.1) is 0 Å². The predicted molar refractivity (Wildman–Crippen MR) is 61.6 cm³/mol. The molecule has 2 aliphatic rings. The van der Waals surface area contributed by atoms with Gasteiger partial charge in [0.15, 0.2) is 0 Å². The largest absolute Gasteiger partial charge is 0.314 e. The van der Waals surface area contributed by atoms with Gasteiger partial charge in [-0.05, 0) is 50.5 Å². The van der Waals surface area contributed by atoms with Crippen LogP contribution in [0.15, 0.2) is 0 Å². The molecule has 2 unspecified atom stereocenters. The summed E-state index contributed by atoms with van der Waals surface area (Å²) in [5.41, 5.74) is 0. The van der Waals surface area contributed by atoms with Gasteiger partial charge < -0.3 is 5.32 Å². The quantitative estimate of drug-likeness (QED) is 0.747. The Hall–Kier alpha value is -0.0900. The van der Waals surface area contributed by atoms with Gasteiger partial charge in [0.2, 0.25) is 0 Å². The summed E-state index contributed by atoms with van der Waals surface area (Å²) in [7, 11) is -2.76. The van der Waals surface area contributed by atoms with E-state index in [0.29, 0.717) is 11.7 Å². The molecule has 0 aromatic heterocycles. The van der Waals surface area contributed by atoms with Crippen molar-refractivity contribution in [3.63, 3.8) is 0 Å². The summed E-state index contributed by atoms with van der Waals surface area (Å²) >= 11 is 0. The average Bonchev–Trinajstić information content (AvgIpc) is 2.84. The minimum atomic E-state index is -2.76. The second-order valence-corrected chi connectivity index (χ2v) is 7.46. The third-order valence-corrected chi connectivity index (χ3v) is 4.66. The van der Waals surface area contributed by atoms with Crippen molar-refractivity contribution in [1.82, 2.24) is 5.32 Å². The first kappa shape index (κ1) is 11.4. The maximum absolute atomic E-state index is 11.0. The molecule has 2 aliphatic carbocycles. The van der Waals surface area contributed by atoms with E-state index in [1.165, 1.54) is 31.9 Å². The third-order valence-electron chi connectivity index (χ3n) is 3.68. The van der Waals surface area contributed by atoms with Gasteiger partial charge in [-0.1, -0.05) is 0 Å². The SMILES string of the molecule is CS(=O)(=O)CCC1CCC1CNC1CC1. The first-order valence-electron chi connectivity index (χ1n) is 5.96. The van der Waals surface area contributed by atoms with Crippen LogP contribution in [0, 0.1) is 11.8 Å². The van der Waals surface area contributed by atoms with E-state index in [-0.39, 0.29) is 0 Å². The molecule has 4 heteroatoms. The van der Waals surface area contributed by atoms with Crippen LogP contribution in [0.4, 0.5) is 0 Å². The summed E-state index contributed by atoms with van der Waals surface area (Å²) in [6.07, 6.45) is 7.39. The molecule has 0 aliphatic heterocycles. The van der Waals surface area contributed by atoms with Crippen molar-refractivity contribution in [3.8, 4) is 0 Å². The summed E-state index contributed by atoms with van der Waals surface area (Å²) in [5, 5.41) is 3.54. The Morgan fingerprint density at radius 2 is 1.80 bits per heavy atom. The summed E-state index contributed by atoms with van der Waals surface area (Å²) in [6, 6.07) is 0.779. The first-order chi connectivity index (χ1) is 7.04. The zero-order valence-electron chi connectivity index (χ0n) is 9.41. The van der Waals surface area contributed by atoms with E-state index in [9.17, 15) is 8.42 Å². The number of hydrogen-bond acceptors (Lipinski definition) is 3. The van der Waals surface area contributed by atoms with Crippen molar-refractivity contribution in [1.29, 1.82) is 0 Å². The van der Waals surface area contributed by atoms with Crippen LogP contribution in [-0.2, 0) is 9.84 Å². The van der Waals surface area contributed by atoms with Gasteiger partial charge in [0, 0.05) is 12.3 Å². The van der Waals surface area contributed by atoms with Gasteiger partial charge in [-0.25, -0.2) is 8.42 Å². The lowest BCUT2D eigenvalue weighted by Gasteiger charge is -2.37. The summed E-state index contributed by atoms with van der Waals surface area (Å²) < 4.78 is 22.1. The fourth-order valence-corrected chi connectivity index (χ4v) is 2.99. The molecule has 1 N–H and O–H groups in total. The highest BCUT2D eigenvalue weighted by molar-refractivity contribution is 7.90. The topological polar surface area (TPSA) is 46.2 Å². The average molecular weight is 231 g/mol. The smallest absolute Gasteiger partial charge is 0.147 e. The molecule has 3 nitrogen and oxygen atoms in total. The summed E-state index contributed by atoms with van der Waals surface area (Å²) in [4.78, 5) is 0. The zero-order valence-corrected chi connectivity index (χ0v) is 10.2. The van der Waals surface area contributed by atoms with Crippen molar-refractivity contribution in [3.05, 3.63) is 0 Å². The van der Waals surface area contributed by atoms with Gasteiger partial charge in [0.05, 0.1) is 5.75 Å². The molecule has 2 fully saturated rings. The Balaban J connectivity index is 1.64. The minimum absolute atomic E-state index is 0.373. The van der Waals surface area contributed by atoms with Crippen molar-refractivity contribution in [2.45, 2.75) is 38.1 Å². The van der Waals surface area contributed by atoms with Crippen LogP contribution in [0.5, 0.6) is 0 Å². The van der Waals surface area contributed by atoms with Crippen molar-refractivity contribution >= 4 is 9.84 Å². The minimum Gasteiger partial charge on any atom is -0.314 e. The lowest BCUT2D eigenvalue weighted by Crippen LogP contribution is -2.36. The van der Waals surface area contributed by atoms with Crippen LogP contribution < -0.4 is 5.32 Å². The van der Waals surface area contributed by atoms with Gasteiger partial charge in [0.1, 0.15) is 9.84 Å². The van der Waals surface area contributed by atoms with Crippen LogP contribution >= 0.6 is 0 Å². The molecule has 0 bridgehead atoms. The Labute approximate surface area is 92.6 Å². The maximum Gasteiger partial charge on any atom is 0.147 e. The maximum atomic E-state index is 11.0. The summed E-state index contributed by atoms with van der Waals surface area (Å²) in [5.74, 6) is 1.77. The normalized spacial score (nSPS) is 31.3. The van der Waals surface area contributed by atoms with Crippen molar-refractivity contribution in [2.24, 2.45) is 11.8 Å². The van der Waals surface area contributed by atoms with E-state index in [0.717, 1.165) is 24.9 Å². The molecule has 0 spiro atoms. The molecule has 2 rings (SSSR count). The zero-order chi connectivity index (χ0) is 10.9. The Morgan fingerprint density at radius 3 is 2.27 bits per heavy atom. The Bertz CT molecular complexity index is 309. The molecule has 0 saturated heterocycles. The molecule has 0 amide bonds. The molecule has 88 valence electrons. The lowest BCUT2D eigenvalue weighted by atomic mass is 9.72. The van der Waals surface area contributed by atoms with E-state index in [2.05, 4.69) is 5.32 Å². The second kappa shape index (κ2) is 4.42. The van der Waals surface area contributed by atoms with Gasteiger partial charge in [-0.2, -0.15) is 0 Å². The van der Waals surface area contributed by atoms with Crippen LogP contribution in [-0.4, -0.2) is 33.0 Å². The Kier molecular flexibility index (Phi) is 3.36. The second-order valence-electron chi connectivity index (χ2n) is 5.20.